The van der Waals surface area contributed by atoms with Gasteiger partial charge in [0.1, 0.15) is 11.5 Å². The van der Waals surface area contributed by atoms with Crippen LogP contribution in [0.1, 0.15) is 16.2 Å². The number of pyridine rings is 1. The third kappa shape index (κ3) is 3.79. The third-order valence-corrected chi connectivity index (χ3v) is 2.49. The number of hydrogen-bond acceptors (Lipinski definition) is 6. The van der Waals surface area contributed by atoms with Gasteiger partial charge in [-0.1, -0.05) is 5.16 Å². The van der Waals surface area contributed by atoms with E-state index in [2.05, 4.69) is 20.8 Å². The molecule has 0 radical (unpaired) electrons. The molecule has 0 bridgehead atoms. The second kappa shape index (κ2) is 6.67. The Morgan fingerprint density at radius 3 is 2.90 bits per heavy atom. The van der Waals surface area contributed by atoms with Gasteiger partial charge in [0.2, 0.25) is 0 Å². The number of nitrogens with one attached hydrogen (secondary N) is 2. The van der Waals surface area contributed by atoms with Gasteiger partial charge in [-0.2, -0.15) is 0 Å². The smallest absolute Gasteiger partial charge is 0.269 e. The first-order valence-electron chi connectivity index (χ1n) is 6.12. The van der Waals surface area contributed by atoms with E-state index in [-0.39, 0.29) is 5.91 Å². The van der Waals surface area contributed by atoms with E-state index < -0.39 is 0 Å². The highest BCUT2D eigenvalue weighted by atomic mass is 16.5. The molecule has 0 saturated heterocycles. The maximum absolute atomic E-state index is 11.7. The van der Waals surface area contributed by atoms with E-state index in [1.807, 2.05) is 6.92 Å². The average molecular weight is 276 g/mol. The first-order chi connectivity index (χ1) is 9.69. The predicted octanol–water partition coefficient (Wildman–Crippen LogP) is 1.50. The molecular formula is C13H16N4O3. The van der Waals surface area contributed by atoms with Gasteiger partial charge in [-0.25, -0.2) is 4.98 Å². The lowest BCUT2D eigenvalue weighted by Crippen LogP contribution is -2.27. The van der Waals surface area contributed by atoms with E-state index in [4.69, 9.17) is 9.26 Å². The molecule has 0 spiro atoms. The van der Waals surface area contributed by atoms with Crippen LogP contribution in [0.15, 0.2) is 28.9 Å². The fourth-order valence-corrected chi connectivity index (χ4v) is 1.53. The number of methoxy groups -OCH3 is 1. The normalized spacial score (nSPS) is 10.3. The van der Waals surface area contributed by atoms with Gasteiger partial charge in [0, 0.05) is 19.7 Å². The lowest BCUT2D eigenvalue weighted by molar-refractivity contribution is 0.0932. The van der Waals surface area contributed by atoms with Crippen LogP contribution in [-0.2, 0) is 4.74 Å². The third-order valence-electron chi connectivity index (χ3n) is 2.49. The maximum atomic E-state index is 11.7. The number of carbonyl (C=O) groups excluding carboxylic acids is 1. The van der Waals surface area contributed by atoms with E-state index in [9.17, 15) is 4.79 Å². The molecule has 2 heterocycles. The molecule has 106 valence electrons. The van der Waals surface area contributed by atoms with Crippen LogP contribution in [0.2, 0.25) is 0 Å². The molecule has 0 aromatic carbocycles. The van der Waals surface area contributed by atoms with E-state index in [1.54, 1.807) is 31.5 Å². The van der Waals surface area contributed by atoms with Crippen molar-refractivity contribution < 1.29 is 14.1 Å². The summed E-state index contributed by atoms with van der Waals surface area (Å²) in [5, 5.41) is 9.53. The molecule has 2 aromatic rings. The summed E-state index contributed by atoms with van der Waals surface area (Å²) in [6, 6.07) is 5.16. The predicted molar refractivity (Wildman–Crippen MR) is 73.0 cm³/mol. The number of hydrogen-bond donors (Lipinski definition) is 2. The Labute approximate surface area is 116 Å². The maximum Gasteiger partial charge on any atom is 0.269 e. The number of ether oxygens (including phenoxy) is 1. The van der Waals surface area contributed by atoms with Crippen molar-refractivity contribution in [3.63, 3.8) is 0 Å². The Bertz CT molecular complexity index is 565. The van der Waals surface area contributed by atoms with Crippen molar-refractivity contribution in [2.24, 2.45) is 0 Å². The largest absolute Gasteiger partial charge is 0.383 e. The van der Waals surface area contributed by atoms with Crippen LogP contribution in [-0.4, -0.2) is 36.3 Å². The van der Waals surface area contributed by atoms with Crippen molar-refractivity contribution in [2.75, 3.05) is 25.6 Å². The molecule has 0 aliphatic heterocycles. The van der Waals surface area contributed by atoms with Crippen molar-refractivity contribution in [1.82, 2.24) is 15.5 Å². The molecule has 7 nitrogen and oxygen atoms in total. The molecule has 7 heteroatoms. The molecule has 2 N–H and O–H groups in total. The molecule has 0 aliphatic rings. The summed E-state index contributed by atoms with van der Waals surface area (Å²) in [7, 11) is 1.58. The van der Waals surface area contributed by atoms with Gasteiger partial charge in [-0.15, -0.1) is 0 Å². The number of rotatable bonds is 6. The Morgan fingerprint density at radius 1 is 1.45 bits per heavy atom. The molecule has 0 saturated carbocycles. The molecule has 0 aliphatic carbocycles. The van der Waals surface area contributed by atoms with Gasteiger partial charge in [0.15, 0.2) is 5.82 Å². The summed E-state index contributed by atoms with van der Waals surface area (Å²) in [5.74, 6) is 1.09. The summed E-state index contributed by atoms with van der Waals surface area (Å²) in [4.78, 5) is 15.8. The van der Waals surface area contributed by atoms with Crippen LogP contribution >= 0.6 is 0 Å². The Kier molecular flexibility index (Phi) is 4.67. The summed E-state index contributed by atoms with van der Waals surface area (Å²) in [5.41, 5.74) is 1.08. The summed E-state index contributed by atoms with van der Waals surface area (Å²) >= 11 is 0. The zero-order valence-corrected chi connectivity index (χ0v) is 11.3. The van der Waals surface area contributed by atoms with Gasteiger partial charge in [-0.05, 0) is 19.1 Å². The lowest BCUT2D eigenvalue weighted by atomic mass is 10.3. The highest BCUT2D eigenvalue weighted by Gasteiger charge is 2.07. The average Bonchev–Trinajstić information content (AvgIpc) is 2.85. The van der Waals surface area contributed by atoms with E-state index in [1.165, 1.54) is 0 Å². The molecule has 0 fully saturated rings. The fourth-order valence-electron chi connectivity index (χ4n) is 1.53. The summed E-state index contributed by atoms with van der Waals surface area (Å²) in [6.45, 7) is 2.73. The van der Waals surface area contributed by atoms with Crippen molar-refractivity contribution in [2.45, 2.75) is 6.92 Å². The number of nitrogens with zero attached hydrogens (tertiary/aromatic N) is 2. The minimum absolute atomic E-state index is 0.231. The molecule has 0 atom stereocenters. The van der Waals surface area contributed by atoms with Crippen LogP contribution in [0.5, 0.6) is 0 Å². The highest BCUT2D eigenvalue weighted by Crippen LogP contribution is 2.15. The van der Waals surface area contributed by atoms with E-state index >= 15 is 0 Å². The van der Waals surface area contributed by atoms with Gasteiger partial charge in [0.05, 0.1) is 18.5 Å². The number of aromatic nitrogens is 2. The van der Waals surface area contributed by atoms with Gasteiger partial charge in [0.25, 0.3) is 5.91 Å². The van der Waals surface area contributed by atoms with Crippen molar-refractivity contribution in [3.05, 3.63) is 35.9 Å². The van der Waals surface area contributed by atoms with E-state index in [0.717, 1.165) is 11.4 Å². The zero-order chi connectivity index (χ0) is 14.4. The fraction of sp³-hybridized carbons (Fsp3) is 0.308. The van der Waals surface area contributed by atoms with Gasteiger partial charge in [-0.3, -0.25) is 4.79 Å². The molecule has 20 heavy (non-hydrogen) atoms. The van der Waals surface area contributed by atoms with Crippen LogP contribution < -0.4 is 10.6 Å². The number of aryl methyl sites for hydroxylation is 1. The van der Waals surface area contributed by atoms with Crippen molar-refractivity contribution >= 4 is 17.4 Å². The zero-order valence-electron chi connectivity index (χ0n) is 11.3. The second-order valence-corrected chi connectivity index (χ2v) is 4.13. The summed E-state index contributed by atoms with van der Waals surface area (Å²) < 4.78 is 9.80. The second-order valence-electron chi connectivity index (χ2n) is 4.13. The van der Waals surface area contributed by atoms with E-state index in [0.29, 0.717) is 24.7 Å². The molecule has 2 rings (SSSR count). The highest BCUT2D eigenvalue weighted by molar-refractivity contribution is 5.92. The topological polar surface area (TPSA) is 89.3 Å². The standard InChI is InChI=1S/C13H16N4O3/c1-9-7-12(17-20-9)16-10-3-4-11(15-8-10)13(18)14-5-6-19-2/h3-4,7-8H,5-6H2,1-2H3,(H,14,18)(H,16,17). The number of amides is 1. The minimum Gasteiger partial charge on any atom is -0.383 e. The minimum atomic E-state index is -0.231. The van der Waals surface area contributed by atoms with Crippen LogP contribution in [0, 0.1) is 6.92 Å². The SMILES string of the molecule is COCCNC(=O)c1ccc(Nc2cc(C)on2)cn1. The van der Waals surface area contributed by atoms with Crippen molar-refractivity contribution in [3.8, 4) is 0 Å². The monoisotopic (exact) mass is 276 g/mol. The van der Waals surface area contributed by atoms with Crippen molar-refractivity contribution in [1.29, 1.82) is 0 Å². The summed E-state index contributed by atoms with van der Waals surface area (Å²) in [6.07, 6.45) is 1.56. The number of anilines is 2. The molecule has 0 unspecified atom stereocenters. The number of carbonyl (C=O) groups is 1. The Morgan fingerprint density at radius 2 is 2.30 bits per heavy atom. The Hall–Kier alpha value is -2.41. The molecule has 1 amide bonds. The molecular weight excluding hydrogens is 260 g/mol. The van der Waals surface area contributed by atoms with Gasteiger partial charge >= 0.3 is 0 Å². The van der Waals surface area contributed by atoms with Crippen LogP contribution in [0.4, 0.5) is 11.5 Å². The lowest BCUT2D eigenvalue weighted by Gasteiger charge is -2.05. The van der Waals surface area contributed by atoms with Crippen LogP contribution in [0.3, 0.4) is 0 Å². The quantitative estimate of drug-likeness (QED) is 0.777. The Balaban J connectivity index is 1.94. The first kappa shape index (κ1) is 14.0. The molecule has 2 aromatic heterocycles. The first-order valence-corrected chi connectivity index (χ1v) is 6.12. The van der Waals surface area contributed by atoms with Crippen LogP contribution in [0.25, 0.3) is 0 Å². The van der Waals surface area contributed by atoms with Gasteiger partial charge < -0.3 is 19.9 Å².